The quantitative estimate of drug-likeness (QED) is 0.321. The van der Waals surface area contributed by atoms with E-state index in [4.69, 9.17) is 0 Å². The highest BCUT2D eigenvalue weighted by Gasteiger charge is 2.36. The first kappa shape index (κ1) is 22.3. The van der Waals surface area contributed by atoms with E-state index < -0.39 is 0 Å². The van der Waals surface area contributed by atoms with Gasteiger partial charge in [-0.15, -0.1) is 0 Å². The van der Waals surface area contributed by atoms with E-state index in [0.717, 1.165) is 12.8 Å². The molecule has 2 atom stereocenters. The van der Waals surface area contributed by atoms with E-state index in [9.17, 15) is 0 Å². The van der Waals surface area contributed by atoms with Crippen LogP contribution >= 0.6 is 0 Å². The van der Waals surface area contributed by atoms with Gasteiger partial charge in [-0.05, 0) is 59.1 Å². The predicted octanol–water partition coefficient (Wildman–Crippen LogP) is 8.48. The lowest BCUT2D eigenvalue weighted by atomic mass is 9.63. The van der Waals surface area contributed by atoms with Crippen molar-refractivity contribution in [2.45, 2.75) is 65.7 Å². The lowest BCUT2D eigenvalue weighted by molar-refractivity contribution is 0.168. The average Bonchev–Trinajstić information content (AvgIpc) is 2.78. The van der Waals surface area contributed by atoms with Crippen molar-refractivity contribution in [2.24, 2.45) is 10.8 Å². The Hall–Kier alpha value is -2.34. The minimum Gasteiger partial charge on any atom is -0.0649 e. The maximum absolute atomic E-state index is 2.49. The first-order chi connectivity index (χ1) is 14.4. The Kier molecular flexibility index (Phi) is 7.53. The molecule has 2 unspecified atom stereocenters. The molecule has 0 saturated carbocycles. The standard InChI is InChI=1S/C30H38/c1-5-30(4,23-26-17-11-7-12-18-26)24-28(27-19-13-8-14-20-27)29(2,3)22-21-25-15-9-6-10-16-25/h6-20,28H,5,21-24H2,1-4H3. The zero-order valence-electron chi connectivity index (χ0n) is 19.3. The fourth-order valence-electron chi connectivity index (χ4n) is 4.74. The minimum absolute atomic E-state index is 0.227. The van der Waals surface area contributed by atoms with Gasteiger partial charge in [0.2, 0.25) is 0 Å². The molecule has 0 N–H and O–H groups in total. The van der Waals surface area contributed by atoms with Crippen LogP contribution in [0.25, 0.3) is 0 Å². The number of hydrogen-bond donors (Lipinski definition) is 0. The van der Waals surface area contributed by atoms with E-state index in [1.807, 2.05) is 0 Å². The van der Waals surface area contributed by atoms with E-state index in [-0.39, 0.29) is 10.8 Å². The third-order valence-corrected chi connectivity index (χ3v) is 7.07. The fraction of sp³-hybridized carbons (Fsp3) is 0.400. The van der Waals surface area contributed by atoms with Gasteiger partial charge in [-0.2, -0.15) is 0 Å². The molecule has 0 radical (unpaired) electrons. The number of benzene rings is 3. The van der Waals surface area contributed by atoms with Gasteiger partial charge in [-0.1, -0.05) is 125 Å². The second-order valence-electron chi connectivity index (χ2n) is 9.97. The molecule has 3 aromatic rings. The van der Waals surface area contributed by atoms with Gasteiger partial charge in [0.25, 0.3) is 0 Å². The maximum atomic E-state index is 2.49. The molecule has 0 aliphatic carbocycles. The molecule has 0 heterocycles. The van der Waals surface area contributed by atoms with Gasteiger partial charge in [0, 0.05) is 0 Å². The van der Waals surface area contributed by atoms with Crippen molar-refractivity contribution in [3.63, 3.8) is 0 Å². The largest absolute Gasteiger partial charge is 0.0649 e. The summed E-state index contributed by atoms with van der Waals surface area (Å²) in [6, 6.07) is 33.2. The second kappa shape index (κ2) is 10.1. The molecule has 0 aliphatic heterocycles. The summed E-state index contributed by atoms with van der Waals surface area (Å²) in [7, 11) is 0. The lowest BCUT2D eigenvalue weighted by Crippen LogP contribution is -2.30. The van der Waals surface area contributed by atoms with Crippen LogP contribution in [-0.4, -0.2) is 0 Å². The van der Waals surface area contributed by atoms with Gasteiger partial charge >= 0.3 is 0 Å². The van der Waals surface area contributed by atoms with E-state index in [0.29, 0.717) is 5.92 Å². The molecule has 158 valence electrons. The molecule has 30 heavy (non-hydrogen) atoms. The van der Waals surface area contributed by atoms with Gasteiger partial charge < -0.3 is 0 Å². The highest BCUT2D eigenvalue weighted by molar-refractivity contribution is 5.24. The summed E-state index contributed by atoms with van der Waals surface area (Å²) in [6.07, 6.45) is 5.88. The smallest absolute Gasteiger partial charge is 0.0105 e. The molecular formula is C30H38. The number of rotatable bonds is 10. The summed E-state index contributed by atoms with van der Waals surface area (Å²) in [4.78, 5) is 0. The normalized spacial score (nSPS) is 14.8. The summed E-state index contributed by atoms with van der Waals surface area (Å²) in [5.74, 6) is 0.538. The monoisotopic (exact) mass is 398 g/mol. The van der Waals surface area contributed by atoms with Gasteiger partial charge in [-0.25, -0.2) is 0 Å². The van der Waals surface area contributed by atoms with Crippen LogP contribution in [0.1, 0.15) is 69.6 Å². The first-order valence-electron chi connectivity index (χ1n) is 11.5. The van der Waals surface area contributed by atoms with Gasteiger partial charge in [-0.3, -0.25) is 0 Å². The lowest BCUT2D eigenvalue weighted by Gasteiger charge is -2.41. The van der Waals surface area contributed by atoms with Gasteiger partial charge in [0.15, 0.2) is 0 Å². The van der Waals surface area contributed by atoms with Crippen molar-refractivity contribution in [3.8, 4) is 0 Å². The zero-order valence-corrected chi connectivity index (χ0v) is 19.3. The van der Waals surface area contributed by atoms with Crippen molar-refractivity contribution in [2.75, 3.05) is 0 Å². The highest BCUT2D eigenvalue weighted by Crippen LogP contribution is 2.48. The topological polar surface area (TPSA) is 0 Å². The SMILES string of the molecule is CCC(C)(Cc1ccccc1)CC(c1ccccc1)C(C)(C)CCc1ccccc1. The van der Waals surface area contributed by atoms with E-state index in [1.54, 1.807) is 0 Å². The van der Waals surface area contributed by atoms with Gasteiger partial charge in [0.05, 0.1) is 0 Å². The van der Waals surface area contributed by atoms with E-state index >= 15 is 0 Å². The summed E-state index contributed by atoms with van der Waals surface area (Å²) in [5.41, 5.74) is 4.90. The van der Waals surface area contributed by atoms with Crippen LogP contribution in [0, 0.1) is 10.8 Å². The van der Waals surface area contributed by atoms with Crippen LogP contribution in [0.2, 0.25) is 0 Å². The Bertz CT molecular complexity index is 864. The minimum atomic E-state index is 0.227. The van der Waals surface area contributed by atoms with Crippen molar-refractivity contribution >= 4 is 0 Å². The summed E-state index contributed by atoms with van der Waals surface area (Å²) >= 11 is 0. The fourth-order valence-corrected chi connectivity index (χ4v) is 4.74. The van der Waals surface area contributed by atoms with Crippen LogP contribution < -0.4 is 0 Å². The summed E-state index contributed by atoms with van der Waals surface area (Å²) < 4.78 is 0. The van der Waals surface area contributed by atoms with E-state index in [2.05, 4.69) is 119 Å². The molecule has 0 saturated heterocycles. The predicted molar refractivity (Wildman–Crippen MR) is 131 cm³/mol. The molecule has 0 fully saturated rings. The first-order valence-corrected chi connectivity index (χ1v) is 11.5. The van der Waals surface area contributed by atoms with Gasteiger partial charge in [0.1, 0.15) is 0 Å². The Morgan fingerprint density at radius 2 is 1.17 bits per heavy atom. The van der Waals surface area contributed by atoms with Crippen LogP contribution in [0.15, 0.2) is 91.0 Å². The summed E-state index contributed by atoms with van der Waals surface area (Å²) in [6.45, 7) is 9.81. The highest BCUT2D eigenvalue weighted by atomic mass is 14.4. The molecule has 0 spiro atoms. The Labute approximate surface area is 184 Å². The van der Waals surface area contributed by atoms with Crippen LogP contribution in [-0.2, 0) is 12.8 Å². The maximum Gasteiger partial charge on any atom is -0.0105 e. The molecule has 0 aromatic heterocycles. The molecule has 3 aromatic carbocycles. The van der Waals surface area contributed by atoms with Crippen LogP contribution in [0.3, 0.4) is 0 Å². The van der Waals surface area contributed by atoms with Crippen LogP contribution in [0.4, 0.5) is 0 Å². The second-order valence-corrected chi connectivity index (χ2v) is 9.97. The molecule has 0 aliphatic rings. The molecule has 0 heteroatoms. The molecule has 0 bridgehead atoms. The average molecular weight is 399 g/mol. The molecule has 0 nitrogen and oxygen atoms in total. The molecule has 3 rings (SSSR count). The third kappa shape index (κ3) is 6.08. The van der Waals surface area contributed by atoms with Crippen molar-refractivity contribution in [3.05, 3.63) is 108 Å². The van der Waals surface area contributed by atoms with Crippen molar-refractivity contribution < 1.29 is 0 Å². The van der Waals surface area contributed by atoms with E-state index in [1.165, 1.54) is 36.0 Å². The molecular weight excluding hydrogens is 360 g/mol. The Morgan fingerprint density at radius 3 is 1.70 bits per heavy atom. The Balaban J connectivity index is 1.84. The molecule has 0 amide bonds. The van der Waals surface area contributed by atoms with Crippen LogP contribution in [0.5, 0.6) is 0 Å². The zero-order chi connectivity index (χ0) is 21.5. The number of aryl methyl sites for hydroxylation is 1. The van der Waals surface area contributed by atoms with Crippen molar-refractivity contribution in [1.82, 2.24) is 0 Å². The summed E-state index contributed by atoms with van der Waals surface area (Å²) in [5, 5.41) is 0. The Morgan fingerprint density at radius 1 is 0.667 bits per heavy atom. The number of hydrogen-bond acceptors (Lipinski definition) is 0. The third-order valence-electron chi connectivity index (χ3n) is 7.07. The van der Waals surface area contributed by atoms with Crippen molar-refractivity contribution in [1.29, 1.82) is 0 Å².